The van der Waals surface area contributed by atoms with E-state index in [1.165, 1.54) is 6.26 Å². The number of hydrogen-bond donors (Lipinski definition) is 1. The Balaban J connectivity index is 2.19. The minimum absolute atomic E-state index is 0.326. The van der Waals surface area contributed by atoms with E-state index in [0.717, 1.165) is 34.7 Å². The lowest BCUT2D eigenvalue weighted by molar-refractivity contribution is 0.301. The lowest BCUT2D eigenvalue weighted by Gasteiger charge is -2.31. The van der Waals surface area contributed by atoms with Crippen molar-refractivity contribution in [1.82, 2.24) is 4.31 Å². The van der Waals surface area contributed by atoms with Crippen LogP contribution in [0.4, 0.5) is 0 Å². The van der Waals surface area contributed by atoms with Gasteiger partial charge in [-0.05, 0) is 42.9 Å². The van der Waals surface area contributed by atoms with Gasteiger partial charge in [0.25, 0.3) is 0 Å². The van der Waals surface area contributed by atoms with E-state index < -0.39 is 10.0 Å². The van der Waals surface area contributed by atoms with Gasteiger partial charge < -0.3 is 5.73 Å². The van der Waals surface area contributed by atoms with Crippen LogP contribution in [0.25, 0.3) is 0 Å². The quantitative estimate of drug-likeness (QED) is 0.850. The molecule has 1 aliphatic heterocycles. The normalized spacial score (nSPS) is 23.4. The predicted molar refractivity (Wildman–Crippen MR) is 82.7 cm³/mol. The molecule has 2 N–H and O–H groups in total. The molecular weight excluding hydrogens is 296 g/mol. The molecule has 1 heterocycles. The van der Waals surface area contributed by atoms with Crippen LogP contribution in [0.15, 0.2) is 34.0 Å². The summed E-state index contributed by atoms with van der Waals surface area (Å²) in [6.45, 7) is 3.14. The van der Waals surface area contributed by atoms with Crippen molar-refractivity contribution in [1.29, 1.82) is 0 Å². The maximum absolute atomic E-state index is 11.5. The van der Waals surface area contributed by atoms with Crippen LogP contribution < -0.4 is 5.73 Å². The monoisotopic (exact) mass is 316 g/mol. The summed E-state index contributed by atoms with van der Waals surface area (Å²) >= 11 is 6.19. The van der Waals surface area contributed by atoms with Crippen molar-refractivity contribution in [2.45, 2.75) is 26.2 Å². The average Bonchev–Trinajstić information content (AvgIpc) is 2.51. The zero-order valence-electron chi connectivity index (χ0n) is 11.9. The van der Waals surface area contributed by atoms with E-state index in [9.17, 15) is 8.42 Å². The Morgan fingerprint density at radius 2 is 1.95 bits per heavy atom. The van der Waals surface area contributed by atoms with Crippen molar-refractivity contribution in [3.63, 3.8) is 0 Å². The molecular formula is C14H21ClN2O2S. The maximum atomic E-state index is 11.5. The van der Waals surface area contributed by atoms with Crippen LogP contribution in [0.3, 0.4) is 0 Å². The average molecular weight is 317 g/mol. The van der Waals surface area contributed by atoms with Gasteiger partial charge in [-0.15, -0.1) is 0 Å². The highest BCUT2D eigenvalue weighted by Crippen LogP contribution is 2.33. The van der Waals surface area contributed by atoms with Crippen molar-refractivity contribution in [2.24, 2.45) is 11.7 Å². The van der Waals surface area contributed by atoms with Crippen molar-refractivity contribution in [2.75, 3.05) is 19.3 Å². The molecule has 0 unspecified atom stereocenters. The smallest absolute Gasteiger partial charge is 0.211 e. The molecule has 6 heteroatoms. The fourth-order valence-electron chi connectivity index (χ4n) is 2.79. The molecule has 0 aromatic carbocycles. The summed E-state index contributed by atoms with van der Waals surface area (Å²) in [6.07, 6.45) is 7.50. The standard InChI is InChI=1S/C14H21ClN2O2S/c1-10-13(9-12(15)3-4-14(10)16)11-5-7-17(8-6-11)20(2,18)19/h4,9,11H,3,5-8,16H2,1-2H3. The predicted octanol–water partition coefficient (Wildman–Crippen LogP) is 2.34. The number of nitrogens with zero attached hydrogens (tertiary/aromatic N) is 1. The molecule has 0 amide bonds. The molecule has 2 rings (SSSR count). The van der Waals surface area contributed by atoms with Gasteiger partial charge in [0.05, 0.1) is 6.26 Å². The van der Waals surface area contributed by atoms with Crippen molar-refractivity contribution in [3.05, 3.63) is 34.0 Å². The topological polar surface area (TPSA) is 63.4 Å². The van der Waals surface area contributed by atoms with Crippen molar-refractivity contribution < 1.29 is 8.42 Å². The summed E-state index contributed by atoms with van der Waals surface area (Å²) < 4.78 is 24.6. The van der Waals surface area contributed by atoms with Crippen LogP contribution in [0.1, 0.15) is 26.2 Å². The number of allylic oxidation sites excluding steroid dienone is 5. The molecule has 0 saturated carbocycles. The number of piperidine rings is 1. The van der Waals surface area contributed by atoms with E-state index in [0.29, 0.717) is 25.4 Å². The summed E-state index contributed by atoms with van der Waals surface area (Å²) in [6, 6.07) is 0. The highest BCUT2D eigenvalue weighted by atomic mass is 35.5. The number of hydrogen-bond acceptors (Lipinski definition) is 3. The first-order chi connectivity index (χ1) is 9.29. The third-order valence-electron chi connectivity index (χ3n) is 4.06. The summed E-state index contributed by atoms with van der Waals surface area (Å²) in [4.78, 5) is 0. The van der Waals surface area contributed by atoms with Gasteiger partial charge in [-0.25, -0.2) is 12.7 Å². The van der Waals surface area contributed by atoms with Gasteiger partial charge in [0.2, 0.25) is 10.0 Å². The van der Waals surface area contributed by atoms with Gasteiger partial charge in [0, 0.05) is 30.2 Å². The maximum Gasteiger partial charge on any atom is 0.211 e. The summed E-state index contributed by atoms with van der Waals surface area (Å²) in [5, 5.41) is 0.783. The van der Waals surface area contributed by atoms with Crippen LogP contribution in [-0.4, -0.2) is 32.1 Å². The van der Waals surface area contributed by atoms with E-state index >= 15 is 0 Å². The van der Waals surface area contributed by atoms with E-state index in [4.69, 9.17) is 17.3 Å². The fraction of sp³-hybridized carbons (Fsp3) is 0.571. The van der Waals surface area contributed by atoms with Gasteiger partial charge in [-0.1, -0.05) is 17.7 Å². The van der Waals surface area contributed by atoms with E-state index in [1.54, 1.807) is 4.31 Å². The first kappa shape index (κ1) is 15.6. The summed E-state index contributed by atoms with van der Waals surface area (Å²) in [5.74, 6) is 0.326. The molecule has 1 saturated heterocycles. The van der Waals surface area contributed by atoms with Crippen LogP contribution in [0.5, 0.6) is 0 Å². The Morgan fingerprint density at radius 1 is 1.35 bits per heavy atom. The van der Waals surface area contributed by atoms with Gasteiger partial charge in [-0.3, -0.25) is 0 Å². The molecule has 0 aromatic rings. The van der Waals surface area contributed by atoms with E-state index in [1.807, 2.05) is 19.1 Å². The number of nitrogens with two attached hydrogens (primary N) is 1. The first-order valence-electron chi connectivity index (χ1n) is 6.77. The van der Waals surface area contributed by atoms with Crippen LogP contribution in [0.2, 0.25) is 0 Å². The largest absolute Gasteiger partial charge is 0.399 e. The zero-order chi connectivity index (χ0) is 14.9. The lowest BCUT2D eigenvalue weighted by atomic mass is 9.86. The molecule has 0 bridgehead atoms. The second-order valence-electron chi connectivity index (χ2n) is 5.47. The Kier molecular flexibility index (Phi) is 4.62. The zero-order valence-corrected chi connectivity index (χ0v) is 13.5. The fourth-order valence-corrected chi connectivity index (χ4v) is 3.85. The number of sulfonamides is 1. The van der Waals surface area contributed by atoms with Crippen molar-refractivity contribution in [3.8, 4) is 0 Å². The van der Waals surface area contributed by atoms with Crippen LogP contribution in [-0.2, 0) is 10.0 Å². The molecule has 1 fully saturated rings. The van der Waals surface area contributed by atoms with Crippen LogP contribution in [0, 0.1) is 5.92 Å². The molecule has 1 aliphatic carbocycles. The lowest BCUT2D eigenvalue weighted by Crippen LogP contribution is -2.38. The van der Waals surface area contributed by atoms with Gasteiger partial charge in [0.1, 0.15) is 0 Å². The Bertz CT molecular complexity index is 582. The molecule has 112 valence electrons. The SMILES string of the molecule is CC1=C(C2CCN(S(C)(=O)=O)CC2)C=C(Cl)CC=C1N. The molecule has 20 heavy (non-hydrogen) atoms. The Labute approximate surface area is 126 Å². The van der Waals surface area contributed by atoms with Gasteiger partial charge in [-0.2, -0.15) is 0 Å². The van der Waals surface area contributed by atoms with Crippen LogP contribution >= 0.6 is 11.6 Å². The van der Waals surface area contributed by atoms with Crippen molar-refractivity contribution >= 4 is 21.6 Å². The molecule has 0 aromatic heterocycles. The van der Waals surface area contributed by atoms with E-state index in [-0.39, 0.29) is 0 Å². The highest BCUT2D eigenvalue weighted by Gasteiger charge is 2.27. The number of rotatable bonds is 2. The molecule has 0 radical (unpaired) electrons. The van der Waals surface area contributed by atoms with Gasteiger partial charge in [0.15, 0.2) is 0 Å². The molecule has 2 aliphatic rings. The molecule has 0 spiro atoms. The minimum Gasteiger partial charge on any atom is -0.399 e. The number of halogens is 1. The van der Waals surface area contributed by atoms with E-state index in [2.05, 4.69) is 0 Å². The second kappa shape index (κ2) is 5.92. The highest BCUT2D eigenvalue weighted by molar-refractivity contribution is 7.88. The second-order valence-corrected chi connectivity index (χ2v) is 7.94. The molecule has 4 nitrogen and oxygen atoms in total. The third kappa shape index (κ3) is 3.45. The summed E-state index contributed by atoms with van der Waals surface area (Å²) in [7, 11) is -3.08. The summed E-state index contributed by atoms with van der Waals surface area (Å²) in [5.41, 5.74) is 9.04. The third-order valence-corrected chi connectivity index (χ3v) is 5.62. The molecule has 0 atom stereocenters. The van der Waals surface area contributed by atoms with Gasteiger partial charge >= 0.3 is 0 Å². The Hall–Kier alpha value is -0.780. The Morgan fingerprint density at radius 3 is 2.50 bits per heavy atom. The first-order valence-corrected chi connectivity index (χ1v) is 8.99. The minimum atomic E-state index is -3.08.